The molecule has 0 saturated carbocycles. The maximum atomic E-state index is 11.5. The Morgan fingerprint density at radius 3 is 2.44 bits per heavy atom. The van der Waals surface area contributed by atoms with Gasteiger partial charge in [0.2, 0.25) is 0 Å². The second-order valence-corrected chi connectivity index (χ2v) is 7.52. The zero-order valence-electron chi connectivity index (χ0n) is 18.1. The molecule has 3 aromatic rings. The summed E-state index contributed by atoms with van der Waals surface area (Å²) in [7, 11) is 1.76. The fourth-order valence-electron chi connectivity index (χ4n) is 3.68. The third-order valence-electron chi connectivity index (χ3n) is 5.49. The number of anilines is 2. The standard InChI is InChI=1S/C25H24N4O3/c1-3-29(24-19(16-26)5-4-14-27-24)20-8-12-23(13-9-20)32-22-10-6-18(7-11-22)15-21-17-31-25(30)28(21)2/h4-14,21H,3,15,17H2,1-2H3/t21-/m0/s1. The van der Waals surface area contributed by atoms with Crippen molar-refractivity contribution in [2.24, 2.45) is 0 Å². The lowest BCUT2D eigenvalue weighted by Gasteiger charge is -2.23. The van der Waals surface area contributed by atoms with Gasteiger partial charge < -0.3 is 19.3 Å². The van der Waals surface area contributed by atoms with Gasteiger partial charge in [-0.25, -0.2) is 9.78 Å². The Labute approximate surface area is 187 Å². The van der Waals surface area contributed by atoms with Gasteiger partial charge in [-0.2, -0.15) is 5.26 Å². The number of nitriles is 1. The van der Waals surface area contributed by atoms with Crippen molar-refractivity contribution in [2.45, 2.75) is 19.4 Å². The van der Waals surface area contributed by atoms with Crippen molar-refractivity contribution in [2.75, 3.05) is 25.1 Å². The van der Waals surface area contributed by atoms with Crippen LogP contribution >= 0.6 is 0 Å². The highest BCUT2D eigenvalue weighted by Crippen LogP contribution is 2.29. The van der Waals surface area contributed by atoms with E-state index in [-0.39, 0.29) is 12.1 Å². The summed E-state index contributed by atoms with van der Waals surface area (Å²) in [5.41, 5.74) is 2.59. The lowest BCUT2D eigenvalue weighted by atomic mass is 10.1. The van der Waals surface area contributed by atoms with Crippen molar-refractivity contribution in [3.63, 3.8) is 0 Å². The first-order chi connectivity index (χ1) is 15.6. The third kappa shape index (κ3) is 4.49. The Bertz CT molecular complexity index is 1120. The third-order valence-corrected chi connectivity index (χ3v) is 5.49. The number of pyridine rings is 1. The van der Waals surface area contributed by atoms with Crippen molar-refractivity contribution in [3.05, 3.63) is 78.0 Å². The smallest absolute Gasteiger partial charge is 0.409 e. The van der Waals surface area contributed by atoms with Gasteiger partial charge >= 0.3 is 6.09 Å². The van der Waals surface area contributed by atoms with Crippen LogP contribution in [0, 0.1) is 11.3 Å². The Balaban J connectivity index is 1.42. The first-order valence-corrected chi connectivity index (χ1v) is 10.5. The SMILES string of the molecule is CCN(c1ccc(Oc2ccc(C[C@H]3COC(=O)N3C)cc2)cc1)c1ncccc1C#N. The first-order valence-electron chi connectivity index (χ1n) is 10.5. The molecule has 1 aliphatic rings. The number of aromatic nitrogens is 1. The largest absolute Gasteiger partial charge is 0.457 e. The Morgan fingerprint density at radius 2 is 1.84 bits per heavy atom. The highest BCUT2D eigenvalue weighted by atomic mass is 16.6. The van der Waals surface area contributed by atoms with Crippen LogP contribution in [0.5, 0.6) is 11.5 Å². The molecule has 7 heteroatoms. The summed E-state index contributed by atoms with van der Waals surface area (Å²) in [4.78, 5) is 19.5. The van der Waals surface area contributed by atoms with Crippen LogP contribution in [-0.2, 0) is 11.2 Å². The average Bonchev–Trinajstić information content (AvgIpc) is 3.14. The van der Waals surface area contributed by atoms with E-state index < -0.39 is 0 Å². The van der Waals surface area contributed by atoms with Crippen LogP contribution in [0.3, 0.4) is 0 Å². The molecule has 162 valence electrons. The normalized spacial score (nSPS) is 15.2. The minimum atomic E-state index is -0.271. The van der Waals surface area contributed by atoms with Gasteiger partial charge in [-0.1, -0.05) is 12.1 Å². The van der Waals surface area contributed by atoms with Gasteiger partial charge in [-0.15, -0.1) is 0 Å². The number of nitrogens with zero attached hydrogens (tertiary/aromatic N) is 4. The van der Waals surface area contributed by atoms with E-state index in [0.29, 0.717) is 30.3 Å². The molecule has 0 bridgehead atoms. The summed E-state index contributed by atoms with van der Waals surface area (Å²) in [6.07, 6.45) is 2.16. The van der Waals surface area contributed by atoms with Crippen molar-refractivity contribution in [1.82, 2.24) is 9.88 Å². The molecule has 1 saturated heterocycles. The molecular weight excluding hydrogens is 404 g/mol. The van der Waals surface area contributed by atoms with Crippen LogP contribution in [0.15, 0.2) is 66.9 Å². The number of ether oxygens (including phenoxy) is 2. The molecular formula is C25H24N4O3. The second-order valence-electron chi connectivity index (χ2n) is 7.52. The molecule has 0 N–H and O–H groups in total. The molecule has 1 aliphatic heterocycles. The fourth-order valence-corrected chi connectivity index (χ4v) is 3.68. The topological polar surface area (TPSA) is 78.7 Å². The van der Waals surface area contributed by atoms with E-state index >= 15 is 0 Å². The van der Waals surface area contributed by atoms with Crippen molar-refractivity contribution >= 4 is 17.6 Å². The van der Waals surface area contributed by atoms with Crippen LogP contribution in [0.1, 0.15) is 18.1 Å². The maximum Gasteiger partial charge on any atom is 0.409 e. The quantitative estimate of drug-likeness (QED) is 0.533. The molecule has 4 rings (SSSR count). The Hall–Kier alpha value is -4.05. The van der Waals surface area contributed by atoms with Crippen LogP contribution in [0.25, 0.3) is 0 Å². The lowest BCUT2D eigenvalue weighted by Crippen LogP contribution is -2.30. The number of hydrogen-bond donors (Lipinski definition) is 0. The number of carbonyl (C=O) groups excluding carboxylic acids is 1. The van der Waals surface area contributed by atoms with E-state index in [9.17, 15) is 10.1 Å². The monoisotopic (exact) mass is 428 g/mol. The minimum Gasteiger partial charge on any atom is -0.457 e. The first kappa shape index (κ1) is 21.2. The van der Waals surface area contributed by atoms with Gasteiger partial charge in [-0.05, 0) is 67.4 Å². The summed E-state index contributed by atoms with van der Waals surface area (Å²) in [6.45, 7) is 3.12. The number of likely N-dealkylation sites (N-methyl/N-ethyl adjacent to an activating group) is 1. The zero-order valence-corrected chi connectivity index (χ0v) is 18.1. The Morgan fingerprint density at radius 1 is 1.16 bits per heavy atom. The fraction of sp³-hybridized carbons (Fsp3) is 0.240. The van der Waals surface area contributed by atoms with Gasteiger partial charge in [0, 0.05) is 25.5 Å². The van der Waals surface area contributed by atoms with E-state index in [1.165, 1.54) is 0 Å². The number of cyclic esters (lactones) is 1. The van der Waals surface area contributed by atoms with Crippen LogP contribution in [0.4, 0.5) is 16.3 Å². The molecule has 2 heterocycles. The number of rotatable bonds is 7. The number of carbonyl (C=O) groups is 1. The van der Waals surface area contributed by atoms with E-state index in [1.807, 2.05) is 60.4 Å². The van der Waals surface area contributed by atoms with E-state index in [0.717, 1.165) is 23.4 Å². The van der Waals surface area contributed by atoms with E-state index in [2.05, 4.69) is 11.1 Å². The summed E-state index contributed by atoms with van der Waals surface area (Å²) in [6, 6.07) is 21.3. The Kier molecular flexibility index (Phi) is 6.22. The van der Waals surface area contributed by atoms with Gasteiger partial charge in [0.15, 0.2) is 5.82 Å². The highest BCUT2D eigenvalue weighted by molar-refractivity contribution is 5.69. The van der Waals surface area contributed by atoms with Gasteiger partial charge in [0.1, 0.15) is 24.2 Å². The van der Waals surface area contributed by atoms with Gasteiger partial charge in [0.05, 0.1) is 11.6 Å². The van der Waals surface area contributed by atoms with Crippen LogP contribution in [0.2, 0.25) is 0 Å². The lowest BCUT2D eigenvalue weighted by molar-refractivity contribution is 0.163. The molecule has 1 aromatic heterocycles. The minimum absolute atomic E-state index is 0.0592. The average molecular weight is 428 g/mol. The molecule has 1 atom stereocenters. The number of benzene rings is 2. The van der Waals surface area contributed by atoms with Crippen molar-refractivity contribution in [1.29, 1.82) is 5.26 Å². The molecule has 1 fully saturated rings. The van der Waals surface area contributed by atoms with Crippen molar-refractivity contribution < 1.29 is 14.3 Å². The van der Waals surface area contributed by atoms with E-state index in [1.54, 1.807) is 30.3 Å². The molecule has 32 heavy (non-hydrogen) atoms. The molecule has 0 spiro atoms. The summed E-state index contributed by atoms with van der Waals surface area (Å²) < 4.78 is 11.1. The number of amides is 1. The van der Waals surface area contributed by atoms with Crippen LogP contribution < -0.4 is 9.64 Å². The summed E-state index contributed by atoms with van der Waals surface area (Å²) in [5, 5.41) is 9.38. The highest BCUT2D eigenvalue weighted by Gasteiger charge is 2.29. The zero-order chi connectivity index (χ0) is 22.5. The van der Waals surface area contributed by atoms with Gasteiger partial charge in [-0.3, -0.25) is 0 Å². The predicted molar refractivity (Wildman–Crippen MR) is 121 cm³/mol. The predicted octanol–water partition coefficient (Wildman–Crippen LogP) is 4.90. The molecule has 0 aliphatic carbocycles. The second kappa shape index (κ2) is 9.40. The molecule has 0 unspecified atom stereocenters. The van der Waals surface area contributed by atoms with Crippen molar-refractivity contribution in [3.8, 4) is 17.6 Å². The molecule has 2 aromatic carbocycles. The van der Waals surface area contributed by atoms with Crippen LogP contribution in [-0.4, -0.2) is 42.2 Å². The maximum absolute atomic E-state index is 11.5. The molecule has 7 nitrogen and oxygen atoms in total. The molecule has 1 amide bonds. The van der Waals surface area contributed by atoms with Gasteiger partial charge in [0.25, 0.3) is 0 Å². The summed E-state index contributed by atoms with van der Waals surface area (Å²) in [5.74, 6) is 2.09. The molecule has 0 radical (unpaired) electrons. The summed E-state index contributed by atoms with van der Waals surface area (Å²) >= 11 is 0. The number of hydrogen-bond acceptors (Lipinski definition) is 6. The van der Waals surface area contributed by atoms with E-state index in [4.69, 9.17) is 9.47 Å².